The first kappa shape index (κ1) is 35.6. The number of hydrogen-bond donors (Lipinski definition) is 11. The highest BCUT2D eigenvalue weighted by molar-refractivity contribution is 5.94. The van der Waals surface area contributed by atoms with Gasteiger partial charge in [-0.3, -0.25) is 24.4 Å². The summed E-state index contributed by atoms with van der Waals surface area (Å²) in [4.78, 5) is 65.5. The molecule has 0 radical (unpaired) electrons. The number of aromatic amines is 1. The first-order valence-corrected chi connectivity index (χ1v) is 13.6. The number of carboxylic acids is 1. The fraction of sp³-hybridized carbons (Fsp3) is 0.625. The zero-order chi connectivity index (χ0) is 31.5. The second-order valence-corrected chi connectivity index (χ2v) is 9.59. The molecule has 0 aliphatic heterocycles. The number of aliphatic carboxylic acids is 1. The van der Waals surface area contributed by atoms with Crippen LogP contribution in [0.25, 0.3) is 0 Å². The van der Waals surface area contributed by atoms with Crippen molar-refractivity contribution >= 4 is 35.6 Å². The van der Waals surface area contributed by atoms with Crippen LogP contribution in [0.2, 0.25) is 0 Å². The zero-order valence-corrected chi connectivity index (χ0v) is 23.6. The molecule has 1 heterocycles. The van der Waals surface area contributed by atoms with Crippen LogP contribution in [0.15, 0.2) is 22.5 Å². The minimum atomic E-state index is -1.30. The summed E-state index contributed by atoms with van der Waals surface area (Å²) >= 11 is 0. The molecule has 1 aromatic rings. The standard InChI is InChI=1S/C24H45N13O5/c25-8-2-1-6-16(35-19(38)15(26)5-3-9-32-23(27)28)20(39)36-17(7-4-10-33-24(29)30)21(40)37-18(22(41)42)11-14-12-31-13-34-14/h12-13,15-18H,1-11,25-26H2,(H,31,34)(H,35,38)(H,36,39)(H,37,40)(H,41,42)(H4,27,28,32)(H4,29,30,33). The van der Waals surface area contributed by atoms with Crippen LogP contribution in [0, 0.1) is 0 Å². The van der Waals surface area contributed by atoms with E-state index in [1.165, 1.54) is 12.5 Å². The number of nitrogens with zero attached hydrogens (tertiary/aromatic N) is 3. The number of amides is 3. The number of hydrogen-bond acceptors (Lipinski definition) is 9. The molecular formula is C24H45N13O5. The molecule has 0 aliphatic rings. The lowest BCUT2D eigenvalue weighted by Crippen LogP contribution is -2.57. The van der Waals surface area contributed by atoms with Crippen molar-refractivity contribution in [2.24, 2.45) is 44.4 Å². The summed E-state index contributed by atoms with van der Waals surface area (Å²) in [5, 5.41) is 17.4. The molecule has 0 aromatic carbocycles. The van der Waals surface area contributed by atoms with Crippen molar-refractivity contribution in [3.05, 3.63) is 18.2 Å². The maximum absolute atomic E-state index is 13.3. The number of aliphatic imine (C=N–C) groups is 2. The zero-order valence-electron chi connectivity index (χ0n) is 23.6. The van der Waals surface area contributed by atoms with Gasteiger partial charge in [0.05, 0.1) is 12.4 Å². The molecule has 1 rings (SSSR count). The predicted octanol–water partition coefficient (Wildman–Crippen LogP) is -3.95. The Kier molecular flexibility index (Phi) is 16.6. The van der Waals surface area contributed by atoms with E-state index in [4.69, 9.17) is 34.4 Å². The summed E-state index contributed by atoms with van der Waals surface area (Å²) in [6.45, 7) is 0.845. The lowest BCUT2D eigenvalue weighted by Gasteiger charge is -2.25. The minimum absolute atomic E-state index is 0.0609. The van der Waals surface area contributed by atoms with Crippen LogP contribution in [0.5, 0.6) is 0 Å². The number of nitrogens with two attached hydrogens (primary N) is 6. The van der Waals surface area contributed by atoms with Gasteiger partial charge in [0.15, 0.2) is 11.9 Å². The second kappa shape index (κ2) is 19.6. The van der Waals surface area contributed by atoms with E-state index >= 15 is 0 Å². The molecular weight excluding hydrogens is 550 g/mol. The average molecular weight is 596 g/mol. The van der Waals surface area contributed by atoms with Crippen molar-refractivity contribution in [3.8, 4) is 0 Å². The van der Waals surface area contributed by atoms with Gasteiger partial charge >= 0.3 is 5.97 Å². The lowest BCUT2D eigenvalue weighted by atomic mass is 10.0. The largest absolute Gasteiger partial charge is 0.480 e. The van der Waals surface area contributed by atoms with Crippen molar-refractivity contribution in [1.82, 2.24) is 25.9 Å². The highest BCUT2D eigenvalue weighted by Gasteiger charge is 2.30. The molecule has 17 N–H and O–H groups in total. The van der Waals surface area contributed by atoms with Gasteiger partial charge in [0.25, 0.3) is 0 Å². The molecule has 0 saturated carbocycles. The van der Waals surface area contributed by atoms with Crippen LogP contribution < -0.4 is 50.4 Å². The number of carbonyl (C=O) groups is 4. The normalized spacial score (nSPS) is 13.6. The molecule has 0 saturated heterocycles. The molecule has 0 fully saturated rings. The Bertz CT molecular complexity index is 1040. The third-order valence-electron chi connectivity index (χ3n) is 6.06. The Hall–Kier alpha value is -4.45. The second-order valence-electron chi connectivity index (χ2n) is 9.59. The van der Waals surface area contributed by atoms with Gasteiger partial charge in [-0.2, -0.15) is 0 Å². The lowest BCUT2D eigenvalue weighted by molar-refractivity contribution is -0.142. The van der Waals surface area contributed by atoms with Crippen LogP contribution in [0.4, 0.5) is 0 Å². The highest BCUT2D eigenvalue weighted by Crippen LogP contribution is 2.07. The fourth-order valence-electron chi connectivity index (χ4n) is 3.82. The van der Waals surface area contributed by atoms with E-state index in [-0.39, 0.29) is 50.7 Å². The Labute approximate surface area is 243 Å². The SMILES string of the molecule is NCCCCC(NC(=O)C(N)CCCN=C(N)N)C(=O)NC(CCCN=C(N)N)C(=O)NC(Cc1cnc[nH]1)C(=O)O. The van der Waals surface area contributed by atoms with E-state index in [1.54, 1.807) is 0 Å². The molecule has 3 amide bonds. The van der Waals surface area contributed by atoms with Crippen molar-refractivity contribution in [2.45, 2.75) is 75.5 Å². The average Bonchev–Trinajstić information content (AvgIpc) is 3.44. The summed E-state index contributed by atoms with van der Waals surface area (Å²) in [5.74, 6) is -3.42. The minimum Gasteiger partial charge on any atom is -0.480 e. The topological polar surface area (TPSA) is 334 Å². The molecule has 42 heavy (non-hydrogen) atoms. The monoisotopic (exact) mass is 595 g/mol. The van der Waals surface area contributed by atoms with Gasteiger partial charge < -0.3 is 60.4 Å². The summed E-state index contributed by atoms with van der Waals surface area (Å²) in [7, 11) is 0. The van der Waals surface area contributed by atoms with Crippen molar-refractivity contribution in [3.63, 3.8) is 0 Å². The Morgan fingerprint density at radius 2 is 1.33 bits per heavy atom. The number of unbranched alkanes of at least 4 members (excludes halogenated alkanes) is 1. The molecule has 0 spiro atoms. The van der Waals surface area contributed by atoms with Gasteiger partial charge in [0.1, 0.15) is 18.1 Å². The van der Waals surface area contributed by atoms with Crippen LogP contribution in [0.3, 0.4) is 0 Å². The number of imidazole rings is 1. The number of guanidine groups is 2. The van der Waals surface area contributed by atoms with Crippen LogP contribution in [-0.2, 0) is 25.6 Å². The van der Waals surface area contributed by atoms with E-state index in [9.17, 15) is 24.3 Å². The predicted molar refractivity (Wildman–Crippen MR) is 156 cm³/mol. The molecule has 4 atom stereocenters. The quantitative estimate of drug-likeness (QED) is 0.0368. The Morgan fingerprint density at radius 1 is 0.810 bits per heavy atom. The third-order valence-corrected chi connectivity index (χ3v) is 6.06. The van der Waals surface area contributed by atoms with Crippen LogP contribution in [0.1, 0.15) is 50.6 Å². The number of carbonyl (C=O) groups excluding carboxylic acids is 3. The number of H-pyrrole nitrogens is 1. The summed E-state index contributed by atoms with van der Waals surface area (Å²) in [6.07, 6.45) is 5.19. The molecule has 236 valence electrons. The molecule has 0 bridgehead atoms. The molecule has 18 nitrogen and oxygen atoms in total. The molecule has 1 aromatic heterocycles. The highest BCUT2D eigenvalue weighted by atomic mass is 16.4. The number of nitrogens with one attached hydrogen (secondary N) is 4. The van der Waals surface area contributed by atoms with Gasteiger partial charge in [-0.25, -0.2) is 9.78 Å². The smallest absolute Gasteiger partial charge is 0.326 e. The number of rotatable bonds is 21. The van der Waals surface area contributed by atoms with Gasteiger partial charge in [-0.1, -0.05) is 0 Å². The van der Waals surface area contributed by atoms with Gasteiger partial charge in [0.2, 0.25) is 17.7 Å². The van der Waals surface area contributed by atoms with Gasteiger partial charge in [-0.15, -0.1) is 0 Å². The maximum Gasteiger partial charge on any atom is 0.326 e. The molecule has 4 unspecified atom stereocenters. The summed E-state index contributed by atoms with van der Waals surface area (Å²) < 4.78 is 0. The van der Waals surface area contributed by atoms with Crippen LogP contribution >= 0.6 is 0 Å². The van der Waals surface area contributed by atoms with E-state index in [1.807, 2.05) is 0 Å². The third kappa shape index (κ3) is 14.8. The van der Waals surface area contributed by atoms with Crippen molar-refractivity contribution in [2.75, 3.05) is 19.6 Å². The van der Waals surface area contributed by atoms with Gasteiger partial charge in [-0.05, 0) is 51.5 Å². The van der Waals surface area contributed by atoms with E-state index in [2.05, 4.69) is 35.9 Å². The van der Waals surface area contributed by atoms with E-state index in [0.717, 1.165) is 0 Å². The molecule has 18 heteroatoms. The summed E-state index contributed by atoms with van der Waals surface area (Å²) in [5.41, 5.74) is 33.4. The first-order valence-electron chi connectivity index (χ1n) is 13.6. The maximum atomic E-state index is 13.3. The Balaban J connectivity index is 3.00. The van der Waals surface area contributed by atoms with E-state index in [0.29, 0.717) is 37.9 Å². The molecule has 0 aliphatic carbocycles. The summed E-state index contributed by atoms with van der Waals surface area (Å²) in [6, 6.07) is -4.41. The number of aromatic nitrogens is 2. The van der Waals surface area contributed by atoms with E-state index < -0.39 is 47.9 Å². The van der Waals surface area contributed by atoms with Crippen molar-refractivity contribution in [1.29, 1.82) is 0 Å². The number of carboxylic acid groups (broad SMARTS) is 1. The van der Waals surface area contributed by atoms with Gasteiger partial charge in [0, 0.05) is 31.4 Å². The Morgan fingerprint density at radius 3 is 1.83 bits per heavy atom. The van der Waals surface area contributed by atoms with Crippen LogP contribution in [-0.4, -0.2) is 94.5 Å². The fourth-order valence-corrected chi connectivity index (χ4v) is 3.82. The van der Waals surface area contributed by atoms with Crippen molar-refractivity contribution < 1.29 is 24.3 Å². The first-order chi connectivity index (χ1) is 19.9.